The molecule has 2 N–H and O–H groups in total. The first kappa shape index (κ1) is 20.3. The lowest BCUT2D eigenvalue weighted by Crippen LogP contribution is -2.47. The molecule has 2 amide bonds. The molecule has 0 fully saturated rings. The fourth-order valence-corrected chi connectivity index (χ4v) is 2.08. The number of carbonyl (C=O) groups is 3. The van der Waals surface area contributed by atoms with Crippen LogP contribution in [0.15, 0.2) is 24.3 Å². The van der Waals surface area contributed by atoms with E-state index in [1.807, 2.05) is 0 Å². The molecule has 1 aromatic carbocycles. The summed E-state index contributed by atoms with van der Waals surface area (Å²) in [4.78, 5) is 35.6. The highest BCUT2D eigenvalue weighted by molar-refractivity contribution is 5.84. The fraction of sp³-hybridized carbons (Fsp3) is 0.438. The molecule has 0 saturated carbocycles. The van der Waals surface area contributed by atoms with Crippen LogP contribution in [0, 0.1) is 0 Å². The van der Waals surface area contributed by atoms with E-state index in [2.05, 4.69) is 10.1 Å². The minimum Gasteiger partial charge on any atom is -0.480 e. The number of carboxylic acid groups (broad SMARTS) is 1. The highest BCUT2D eigenvalue weighted by Crippen LogP contribution is 2.16. The maximum atomic E-state index is 12.4. The molecule has 0 aromatic heterocycles. The third-order valence-electron chi connectivity index (χ3n) is 3.38. The number of benzene rings is 1. The van der Waals surface area contributed by atoms with E-state index in [4.69, 9.17) is 5.11 Å². The summed E-state index contributed by atoms with van der Waals surface area (Å²) in [7, 11) is 0. The Morgan fingerprint density at radius 2 is 1.84 bits per heavy atom. The highest BCUT2D eigenvalue weighted by Gasteiger charge is 2.25. The second-order valence-electron chi connectivity index (χ2n) is 5.28. The zero-order valence-electron chi connectivity index (χ0n) is 13.9. The molecule has 0 heterocycles. The van der Waals surface area contributed by atoms with E-state index in [1.54, 1.807) is 0 Å². The number of carbonyl (C=O) groups excluding carboxylic acids is 2. The van der Waals surface area contributed by atoms with Crippen LogP contribution >= 0.6 is 0 Å². The molecule has 0 aliphatic rings. The molecule has 0 radical (unpaired) electrons. The summed E-state index contributed by atoms with van der Waals surface area (Å²) in [6.07, 6.45) is -0.105. The van der Waals surface area contributed by atoms with Crippen molar-refractivity contribution in [2.24, 2.45) is 0 Å². The molecule has 25 heavy (non-hydrogen) atoms. The first-order valence-electron chi connectivity index (χ1n) is 7.51. The van der Waals surface area contributed by atoms with Crippen LogP contribution in [-0.2, 0) is 20.8 Å². The van der Waals surface area contributed by atoms with Gasteiger partial charge in [0.05, 0.1) is 6.42 Å². The number of aliphatic carboxylic acids is 1. The zero-order valence-corrected chi connectivity index (χ0v) is 13.9. The van der Waals surface area contributed by atoms with E-state index >= 15 is 0 Å². The van der Waals surface area contributed by atoms with Crippen LogP contribution < -0.4 is 10.1 Å². The summed E-state index contributed by atoms with van der Waals surface area (Å²) in [5.41, 5.74) is 0.522. The lowest BCUT2D eigenvalue weighted by atomic mass is 10.1. The van der Waals surface area contributed by atoms with Crippen molar-refractivity contribution in [2.75, 3.05) is 13.1 Å². The van der Waals surface area contributed by atoms with Crippen LogP contribution in [0.4, 0.5) is 8.78 Å². The second kappa shape index (κ2) is 9.55. The summed E-state index contributed by atoms with van der Waals surface area (Å²) in [6, 6.07) is 4.44. The molecule has 0 saturated heterocycles. The van der Waals surface area contributed by atoms with Gasteiger partial charge in [0.15, 0.2) is 0 Å². The van der Waals surface area contributed by atoms with Crippen LogP contribution in [0.1, 0.15) is 19.4 Å². The number of nitrogens with zero attached hydrogens (tertiary/aromatic N) is 1. The first-order valence-corrected chi connectivity index (χ1v) is 7.51. The molecule has 1 rings (SSSR count). The molecule has 1 atom stereocenters. The van der Waals surface area contributed by atoms with Crippen molar-refractivity contribution >= 4 is 17.8 Å². The van der Waals surface area contributed by atoms with Crippen molar-refractivity contribution in [3.05, 3.63) is 29.8 Å². The molecule has 0 aliphatic heterocycles. The molecule has 138 valence electrons. The Balaban J connectivity index is 2.75. The Hall–Kier alpha value is -2.71. The van der Waals surface area contributed by atoms with Crippen molar-refractivity contribution in [3.63, 3.8) is 0 Å². The van der Waals surface area contributed by atoms with Crippen molar-refractivity contribution in [2.45, 2.75) is 32.9 Å². The van der Waals surface area contributed by atoms with Crippen LogP contribution in [0.5, 0.6) is 5.75 Å². The quantitative estimate of drug-likeness (QED) is 0.693. The maximum absolute atomic E-state index is 12.4. The average molecular weight is 358 g/mol. The van der Waals surface area contributed by atoms with Gasteiger partial charge >= 0.3 is 12.6 Å². The molecular formula is C16H20F2N2O5. The highest BCUT2D eigenvalue weighted by atomic mass is 19.3. The SMILES string of the molecule is CC(=O)NCCN(C(=O)Cc1ccc(OC(F)F)cc1)C(C)C(=O)O. The summed E-state index contributed by atoms with van der Waals surface area (Å²) < 4.78 is 28.4. The average Bonchev–Trinajstić information content (AvgIpc) is 2.51. The fourth-order valence-electron chi connectivity index (χ4n) is 2.08. The topological polar surface area (TPSA) is 95.9 Å². The number of halogens is 2. The number of carboxylic acids is 1. The molecule has 0 aliphatic carbocycles. The zero-order chi connectivity index (χ0) is 19.0. The Morgan fingerprint density at radius 3 is 2.32 bits per heavy atom. The van der Waals surface area contributed by atoms with Gasteiger partial charge in [-0.1, -0.05) is 12.1 Å². The van der Waals surface area contributed by atoms with Crippen molar-refractivity contribution in [3.8, 4) is 5.75 Å². The lowest BCUT2D eigenvalue weighted by molar-refractivity contribution is -0.149. The smallest absolute Gasteiger partial charge is 0.387 e. The van der Waals surface area contributed by atoms with Crippen molar-refractivity contribution in [1.29, 1.82) is 0 Å². The van der Waals surface area contributed by atoms with E-state index in [-0.39, 0.29) is 31.2 Å². The largest absolute Gasteiger partial charge is 0.480 e. The van der Waals surface area contributed by atoms with Gasteiger partial charge in [-0.05, 0) is 24.6 Å². The number of rotatable bonds is 9. The molecule has 0 bridgehead atoms. The van der Waals surface area contributed by atoms with Gasteiger partial charge in [-0.25, -0.2) is 4.79 Å². The van der Waals surface area contributed by atoms with E-state index in [1.165, 1.54) is 38.1 Å². The van der Waals surface area contributed by atoms with Gasteiger partial charge < -0.3 is 20.1 Å². The third-order valence-corrected chi connectivity index (χ3v) is 3.38. The monoisotopic (exact) mass is 358 g/mol. The van der Waals surface area contributed by atoms with Crippen molar-refractivity contribution in [1.82, 2.24) is 10.2 Å². The number of amides is 2. The number of nitrogens with one attached hydrogen (secondary N) is 1. The first-order chi connectivity index (χ1) is 11.7. The van der Waals surface area contributed by atoms with Gasteiger partial charge in [-0.2, -0.15) is 8.78 Å². The number of alkyl halides is 2. The van der Waals surface area contributed by atoms with Gasteiger partial charge in [0.25, 0.3) is 0 Å². The summed E-state index contributed by atoms with van der Waals surface area (Å²) in [6.45, 7) is -0.0880. The van der Waals surface area contributed by atoms with Gasteiger partial charge in [0.2, 0.25) is 11.8 Å². The Morgan fingerprint density at radius 1 is 1.24 bits per heavy atom. The minimum absolute atomic E-state index is 0.0346. The van der Waals surface area contributed by atoms with Crippen LogP contribution in [0.25, 0.3) is 0 Å². The number of ether oxygens (including phenoxy) is 1. The van der Waals surface area contributed by atoms with Crippen LogP contribution in [0.3, 0.4) is 0 Å². The van der Waals surface area contributed by atoms with E-state index in [9.17, 15) is 23.2 Å². The predicted molar refractivity (Wildman–Crippen MR) is 84.3 cm³/mol. The number of hydrogen-bond donors (Lipinski definition) is 2. The molecule has 9 heteroatoms. The standard InChI is InChI=1S/C16H20F2N2O5/c1-10(15(23)24)20(8-7-19-11(2)21)14(22)9-12-3-5-13(6-4-12)25-16(17)18/h3-6,10,16H,7-9H2,1-2H3,(H,19,21)(H,23,24). The molecular weight excluding hydrogens is 338 g/mol. The Bertz CT molecular complexity index is 607. The summed E-state index contributed by atoms with van der Waals surface area (Å²) in [5, 5.41) is 11.6. The molecule has 0 spiro atoms. The van der Waals surface area contributed by atoms with Gasteiger partial charge in [0.1, 0.15) is 11.8 Å². The lowest BCUT2D eigenvalue weighted by Gasteiger charge is -2.26. The van der Waals surface area contributed by atoms with Crippen molar-refractivity contribution < 1.29 is 33.0 Å². The normalized spacial score (nSPS) is 11.7. The van der Waals surface area contributed by atoms with E-state index < -0.39 is 24.5 Å². The Kier molecular flexibility index (Phi) is 7.77. The molecule has 7 nitrogen and oxygen atoms in total. The third kappa shape index (κ3) is 7.15. The van der Waals surface area contributed by atoms with Crippen LogP contribution in [0.2, 0.25) is 0 Å². The van der Waals surface area contributed by atoms with E-state index in [0.29, 0.717) is 5.56 Å². The van der Waals surface area contributed by atoms with Crippen LogP contribution in [-0.4, -0.2) is 53.5 Å². The van der Waals surface area contributed by atoms with Gasteiger partial charge in [0, 0.05) is 20.0 Å². The molecule has 1 aromatic rings. The second-order valence-corrected chi connectivity index (χ2v) is 5.28. The molecule has 1 unspecified atom stereocenters. The predicted octanol–water partition coefficient (Wildman–Crippen LogP) is 1.27. The summed E-state index contributed by atoms with van der Waals surface area (Å²) >= 11 is 0. The number of hydrogen-bond acceptors (Lipinski definition) is 4. The van der Waals surface area contributed by atoms with Gasteiger partial charge in [-0.15, -0.1) is 0 Å². The summed E-state index contributed by atoms with van der Waals surface area (Å²) in [5.74, 6) is -1.95. The van der Waals surface area contributed by atoms with E-state index in [0.717, 1.165) is 4.90 Å². The maximum Gasteiger partial charge on any atom is 0.387 e. The van der Waals surface area contributed by atoms with Gasteiger partial charge in [-0.3, -0.25) is 9.59 Å². The minimum atomic E-state index is -2.94. The Labute approximate surface area is 143 Å².